The minimum atomic E-state index is -2.85. The Morgan fingerprint density at radius 2 is 1.44 bits per heavy atom. The van der Waals surface area contributed by atoms with E-state index in [0.29, 0.717) is 13.0 Å². The van der Waals surface area contributed by atoms with Gasteiger partial charge in [0.25, 0.3) is 8.32 Å². The zero-order valence-electron chi connectivity index (χ0n) is 30.1. The largest absolute Gasteiger partial charge is 0.495 e. The summed E-state index contributed by atoms with van der Waals surface area (Å²) in [5.74, 6) is -2.19. The van der Waals surface area contributed by atoms with E-state index in [2.05, 4.69) is 74.6 Å². The zero-order chi connectivity index (χ0) is 34.8. The monoisotopic (exact) mass is 679 g/mol. The third-order valence-electron chi connectivity index (χ3n) is 10.0. The highest BCUT2D eigenvalue weighted by molar-refractivity contribution is 6.99. The quantitative estimate of drug-likeness (QED) is 0.367. The van der Waals surface area contributed by atoms with Crippen LogP contribution in [0.1, 0.15) is 75.7 Å². The van der Waals surface area contributed by atoms with Crippen molar-refractivity contribution in [1.82, 2.24) is 5.32 Å². The molecule has 2 aromatic carbocycles. The van der Waals surface area contributed by atoms with Crippen molar-refractivity contribution in [3.8, 4) is 0 Å². The average Bonchev–Trinajstić information content (AvgIpc) is 3.50. The molecule has 0 aromatic heterocycles. The molecule has 1 aliphatic carbocycles. The van der Waals surface area contributed by atoms with Crippen molar-refractivity contribution in [2.45, 2.75) is 127 Å². The molecule has 1 saturated carbocycles. The van der Waals surface area contributed by atoms with Gasteiger partial charge in [0.2, 0.25) is 0 Å². The maximum Gasteiger partial charge on any atom is 0.408 e. The lowest BCUT2D eigenvalue weighted by Crippen LogP contribution is -2.79. The number of amides is 1. The molecular formula is C38H53NO8Si. The van der Waals surface area contributed by atoms with Crippen molar-refractivity contribution in [1.29, 1.82) is 0 Å². The lowest BCUT2D eigenvalue weighted by atomic mass is 9.60. The Hall–Kier alpha value is -2.73. The fraction of sp³-hybridized carbons (Fsp3) is 0.605. The molecule has 1 amide bonds. The Morgan fingerprint density at radius 3 is 1.96 bits per heavy atom. The van der Waals surface area contributed by atoms with Crippen LogP contribution in [0.5, 0.6) is 0 Å². The van der Waals surface area contributed by atoms with Gasteiger partial charge in [-0.1, -0.05) is 81.4 Å². The predicted octanol–water partition coefficient (Wildman–Crippen LogP) is 5.80. The lowest BCUT2D eigenvalue weighted by Gasteiger charge is -2.58. The van der Waals surface area contributed by atoms with Crippen molar-refractivity contribution in [3.05, 3.63) is 73.0 Å². The molecule has 1 N–H and O–H groups in total. The standard InChI is InChI=1S/C38H53NO8Si/c1-33(2,3)46-32(40)39-37-22-24-41-29(38(25-42-35(7,8)47-38)31-30(37)44-36(9,10)45-31)28(37)21-23-43-48(34(4,5)6,26-17-13-11-14-18-26)27-19-15-12-16-20-27/h11-20,22,24,28-31H,21,23,25H2,1-10H3,(H,39,40)/t28-,29+,30+,31+,37+,38+/m0/s1. The van der Waals surface area contributed by atoms with Crippen molar-refractivity contribution < 1.29 is 37.6 Å². The van der Waals surface area contributed by atoms with Crippen LogP contribution < -0.4 is 15.7 Å². The number of carbonyl (C=O) groups excluding carboxylic acids is 1. The van der Waals surface area contributed by atoms with Crippen LogP contribution in [0, 0.1) is 5.92 Å². The molecule has 6 atom stereocenters. The van der Waals surface area contributed by atoms with E-state index in [-0.39, 0.29) is 17.6 Å². The second-order valence-corrected chi connectivity index (χ2v) is 20.9. The van der Waals surface area contributed by atoms with Crippen LogP contribution >= 0.6 is 0 Å². The number of ether oxygens (including phenoxy) is 6. The van der Waals surface area contributed by atoms with Crippen LogP contribution in [0.15, 0.2) is 73.0 Å². The molecule has 0 unspecified atom stereocenters. The summed E-state index contributed by atoms with van der Waals surface area (Å²) in [5, 5.41) is 5.47. The van der Waals surface area contributed by atoms with Gasteiger partial charge < -0.3 is 38.2 Å². The maximum atomic E-state index is 13.7. The van der Waals surface area contributed by atoms with Gasteiger partial charge >= 0.3 is 6.09 Å². The molecule has 3 heterocycles. The van der Waals surface area contributed by atoms with E-state index in [9.17, 15) is 4.79 Å². The Bertz CT molecular complexity index is 1460. The van der Waals surface area contributed by atoms with E-state index in [1.54, 1.807) is 6.26 Å². The van der Waals surface area contributed by atoms with Crippen molar-refractivity contribution >= 4 is 24.8 Å². The van der Waals surface area contributed by atoms with Gasteiger partial charge in [-0.05, 0) is 76.4 Å². The van der Waals surface area contributed by atoms with E-state index in [4.69, 9.17) is 32.8 Å². The molecule has 4 aliphatic rings. The number of hydrogen-bond donors (Lipinski definition) is 1. The molecule has 10 heteroatoms. The third kappa shape index (κ3) is 6.02. The third-order valence-corrected chi connectivity index (χ3v) is 15.1. The molecule has 2 bridgehead atoms. The molecule has 3 fully saturated rings. The van der Waals surface area contributed by atoms with Crippen LogP contribution in [0.3, 0.4) is 0 Å². The first kappa shape index (κ1) is 35.1. The Kier molecular flexibility index (Phi) is 8.74. The number of fused-ring (bicyclic) bond motifs is 6. The maximum absolute atomic E-state index is 13.7. The number of nitrogens with one attached hydrogen (secondary N) is 1. The van der Waals surface area contributed by atoms with Gasteiger partial charge in [0, 0.05) is 12.5 Å². The number of rotatable bonds is 7. The molecular weight excluding hydrogens is 627 g/mol. The van der Waals surface area contributed by atoms with Gasteiger partial charge in [0.1, 0.15) is 29.5 Å². The molecule has 1 spiro atoms. The SMILES string of the molecule is CC(C)(C)OC(=O)N[C@]12C=CO[C@H]([C@@H]1CCO[Si](c1ccccc1)(c1ccccc1)C(C)(C)C)[C@]1(COC(C)(C)O1)[C@@H]1OC(C)(C)O[C@H]12. The van der Waals surface area contributed by atoms with Gasteiger partial charge in [0.15, 0.2) is 17.2 Å². The molecule has 0 radical (unpaired) electrons. The molecule has 262 valence electrons. The van der Waals surface area contributed by atoms with E-state index >= 15 is 0 Å². The van der Waals surface area contributed by atoms with Gasteiger partial charge in [-0.15, -0.1) is 0 Å². The zero-order valence-corrected chi connectivity index (χ0v) is 31.1. The molecule has 48 heavy (non-hydrogen) atoms. The number of alkyl carbamates (subject to hydrolysis) is 1. The fourth-order valence-corrected chi connectivity index (χ4v) is 12.9. The molecule has 6 rings (SSSR count). The molecule has 2 saturated heterocycles. The summed E-state index contributed by atoms with van der Waals surface area (Å²) < 4.78 is 46.2. The minimum Gasteiger partial charge on any atom is -0.495 e. The lowest BCUT2D eigenvalue weighted by molar-refractivity contribution is -0.259. The second-order valence-electron chi connectivity index (χ2n) is 16.5. The summed E-state index contributed by atoms with van der Waals surface area (Å²) in [6.07, 6.45) is 1.74. The average molecular weight is 680 g/mol. The summed E-state index contributed by atoms with van der Waals surface area (Å²) in [6, 6.07) is 21.2. The first-order chi connectivity index (χ1) is 22.3. The van der Waals surface area contributed by atoms with E-state index in [0.717, 1.165) is 0 Å². The Labute approximate surface area is 286 Å². The van der Waals surface area contributed by atoms with Crippen LogP contribution in [-0.2, 0) is 32.8 Å². The van der Waals surface area contributed by atoms with Crippen LogP contribution in [0.4, 0.5) is 4.79 Å². The van der Waals surface area contributed by atoms with E-state index < -0.39 is 61.0 Å². The summed E-state index contributed by atoms with van der Waals surface area (Å²) in [7, 11) is -2.85. The first-order valence-corrected chi connectivity index (χ1v) is 19.0. The van der Waals surface area contributed by atoms with Gasteiger partial charge in [0.05, 0.1) is 12.9 Å². The van der Waals surface area contributed by atoms with Crippen LogP contribution in [-0.4, -0.2) is 74.3 Å². The van der Waals surface area contributed by atoms with Crippen molar-refractivity contribution in [2.24, 2.45) is 5.92 Å². The first-order valence-electron chi connectivity index (χ1n) is 17.1. The second kappa shape index (κ2) is 12.0. The van der Waals surface area contributed by atoms with Gasteiger partial charge in [-0.25, -0.2) is 4.79 Å². The van der Waals surface area contributed by atoms with Gasteiger partial charge in [-0.3, -0.25) is 0 Å². The minimum absolute atomic E-state index is 0.202. The summed E-state index contributed by atoms with van der Waals surface area (Å²) >= 11 is 0. The molecule has 3 aliphatic heterocycles. The van der Waals surface area contributed by atoms with Crippen molar-refractivity contribution in [3.63, 3.8) is 0 Å². The predicted molar refractivity (Wildman–Crippen MR) is 185 cm³/mol. The van der Waals surface area contributed by atoms with E-state index in [1.165, 1.54) is 10.4 Å². The normalized spacial score (nSPS) is 32.0. The highest BCUT2D eigenvalue weighted by Crippen LogP contribution is 2.57. The Morgan fingerprint density at radius 1 is 0.854 bits per heavy atom. The van der Waals surface area contributed by atoms with Crippen LogP contribution in [0.25, 0.3) is 0 Å². The van der Waals surface area contributed by atoms with E-state index in [1.807, 2.05) is 66.7 Å². The summed E-state index contributed by atoms with van der Waals surface area (Å²) in [6.45, 7) is 20.6. The topological polar surface area (TPSA) is 93.7 Å². The highest BCUT2D eigenvalue weighted by Gasteiger charge is 2.75. The smallest absolute Gasteiger partial charge is 0.408 e. The number of carbonyl (C=O) groups is 1. The summed E-state index contributed by atoms with van der Waals surface area (Å²) in [4.78, 5) is 13.7. The van der Waals surface area contributed by atoms with Crippen LogP contribution in [0.2, 0.25) is 5.04 Å². The number of benzene rings is 2. The summed E-state index contributed by atoms with van der Waals surface area (Å²) in [5.41, 5.74) is -2.77. The fourth-order valence-electron chi connectivity index (χ4n) is 8.36. The molecule has 9 nitrogen and oxygen atoms in total. The van der Waals surface area contributed by atoms with Crippen molar-refractivity contribution in [2.75, 3.05) is 13.2 Å². The highest BCUT2D eigenvalue weighted by atomic mass is 28.4. The molecule has 2 aromatic rings. The Balaban J connectivity index is 1.43. The number of hydrogen-bond acceptors (Lipinski definition) is 8. The van der Waals surface area contributed by atoms with Gasteiger partial charge in [-0.2, -0.15) is 0 Å².